The van der Waals surface area contributed by atoms with Gasteiger partial charge in [0.1, 0.15) is 11.5 Å². The van der Waals surface area contributed by atoms with Gasteiger partial charge in [-0.15, -0.1) is 0 Å². The zero-order chi connectivity index (χ0) is 24.6. The Morgan fingerprint density at radius 3 is 2.40 bits per heavy atom. The fourth-order valence-corrected chi connectivity index (χ4v) is 5.16. The van der Waals surface area contributed by atoms with Crippen LogP contribution in [-0.2, 0) is 11.2 Å². The molecule has 0 saturated carbocycles. The molecule has 3 aliphatic rings. The van der Waals surface area contributed by atoms with Crippen LogP contribution in [0.2, 0.25) is 0 Å². The molecule has 3 heterocycles. The zero-order valence-electron chi connectivity index (χ0n) is 20.4. The standard InChI is InChI=1S/C26H31FN4O4/c1-28-25(32)31-11-8-19-20(27)14-21(33-2)24(34-3)22(19)23(29-31)17-4-6-18(7-5-17)30-12-9-26(10-13-30)15-35-16-26/h4-7,14H,8-13,15-16H2,1-3H3,(H,28,32). The van der Waals surface area contributed by atoms with Crippen LogP contribution in [0.3, 0.4) is 0 Å². The molecule has 9 heteroatoms. The van der Waals surface area contributed by atoms with Gasteiger partial charge in [0.25, 0.3) is 0 Å². The number of hydrazone groups is 1. The summed E-state index contributed by atoms with van der Waals surface area (Å²) in [6, 6.07) is 9.03. The van der Waals surface area contributed by atoms with Crippen molar-refractivity contribution in [2.45, 2.75) is 19.3 Å². The number of benzene rings is 2. The molecule has 0 aliphatic carbocycles. The summed E-state index contributed by atoms with van der Waals surface area (Å²) in [6.07, 6.45) is 2.55. The molecule has 0 radical (unpaired) electrons. The molecule has 1 spiro atoms. The maximum absolute atomic E-state index is 15.2. The molecule has 0 aromatic heterocycles. The minimum Gasteiger partial charge on any atom is -0.493 e. The number of nitrogens with one attached hydrogen (secondary N) is 1. The van der Waals surface area contributed by atoms with E-state index in [2.05, 4.69) is 27.5 Å². The Morgan fingerprint density at radius 1 is 1.11 bits per heavy atom. The Hall–Kier alpha value is -3.33. The predicted molar refractivity (Wildman–Crippen MR) is 131 cm³/mol. The Bertz CT molecular complexity index is 1140. The fraction of sp³-hybridized carbons (Fsp3) is 0.462. The van der Waals surface area contributed by atoms with Crippen LogP contribution in [0.15, 0.2) is 35.4 Å². The minimum atomic E-state index is -0.414. The number of piperidine rings is 1. The summed E-state index contributed by atoms with van der Waals surface area (Å²) in [5, 5.41) is 8.61. The quantitative estimate of drug-likeness (QED) is 0.723. The number of urea groups is 1. The van der Waals surface area contributed by atoms with Crippen molar-refractivity contribution in [1.29, 1.82) is 0 Å². The van der Waals surface area contributed by atoms with E-state index in [1.807, 2.05) is 12.1 Å². The summed E-state index contributed by atoms with van der Waals surface area (Å²) in [7, 11) is 4.54. The number of fused-ring (bicyclic) bond motifs is 1. The van der Waals surface area contributed by atoms with Crippen LogP contribution in [0.5, 0.6) is 11.5 Å². The minimum absolute atomic E-state index is 0.236. The van der Waals surface area contributed by atoms with Crippen molar-refractivity contribution in [3.63, 3.8) is 0 Å². The third-order valence-corrected chi connectivity index (χ3v) is 7.35. The van der Waals surface area contributed by atoms with Crippen molar-refractivity contribution in [3.8, 4) is 11.5 Å². The molecule has 2 aromatic rings. The number of carbonyl (C=O) groups is 1. The van der Waals surface area contributed by atoms with E-state index in [1.54, 1.807) is 7.05 Å². The van der Waals surface area contributed by atoms with Crippen LogP contribution in [0, 0.1) is 11.2 Å². The molecule has 8 nitrogen and oxygen atoms in total. The Kier molecular flexibility index (Phi) is 6.27. The highest BCUT2D eigenvalue weighted by Crippen LogP contribution is 2.41. The van der Waals surface area contributed by atoms with Gasteiger partial charge in [0, 0.05) is 48.4 Å². The second kappa shape index (κ2) is 9.37. The molecule has 0 atom stereocenters. The second-order valence-corrected chi connectivity index (χ2v) is 9.35. The summed E-state index contributed by atoms with van der Waals surface area (Å²) in [6.45, 7) is 3.98. The maximum Gasteiger partial charge on any atom is 0.337 e. The third-order valence-electron chi connectivity index (χ3n) is 7.35. The highest BCUT2D eigenvalue weighted by atomic mass is 19.1. The number of rotatable bonds is 4. The molecule has 2 fully saturated rings. The number of hydrogen-bond acceptors (Lipinski definition) is 6. The smallest absolute Gasteiger partial charge is 0.337 e. The molecule has 5 rings (SSSR count). The van der Waals surface area contributed by atoms with Gasteiger partial charge in [-0.1, -0.05) is 12.1 Å². The van der Waals surface area contributed by atoms with Crippen molar-refractivity contribution in [2.75, 3.05) is 59.0 Å². The lowest BCUT2D eigenvalue weighted by molar-refractivity contribution is -0.124. The third kappa shape index (κ3) is 4.18. The summed E-state index contributed by atoms with van der Waals surface area (Å²) < 4.78 is 31.7. The van der Waals surface area contributed by atoms with Crippen LogP contribution in [0.4, 0.5) is 14.9 Å². The summed E-state index contributed by atoms with van der Waals surface area (Å²) in [5.74, 6) is 0.265. The number of methoxy groups -OCH3 is 2. The van der Waals surface area contributed by atoms with Crippen molar-refractivity contribution in [1.82, 2.24) is 10.3 Å². The van der Waals surface area contributed by atoms with Crippen molar-refractivity contribution < 1.29 is 23.4 Å². The Labute approximate surface area is 204 Å². The molecule has 2 amide bonds. The topological polar surface area (TPSA) is 75.6 Å². The predicted octanol–water partition coefficient (Wildman–Crippen LogP) is 3.41. The van der Waals surface area contributed by atoms with Gasteiger partial charge in [0.15, 0.2) is 11.5 Å². The summed E-state index contributed by atoms with van der Waals surface area (Å²) in [4.78, 5) is 14.9. The highest BCUT2D eigenvalue weighted by molar-refractivity contribution is 6.16. The Morgan fingerprint density at radius 2 is 1.83 bits per heavy atom. The number of hydrogen-bond donors (Lipinski definition) is 1. The average molecular weight is 483 g/mol. The van der Waals surface area contributed by atoms with Gasteiger partial charge in [-0.05, 0) is 31.4 Å². The van der Waals surface area contributed by atoms with E-state index in [0.717, 1.165) is 50.4 Å². The number of ether oxygens (including phenoxy) is 3. The van der Waals surface area contributed by atoms with E-state index in [0.29, 0.717) is 34.4 Å². The van der Waals surface area contributed by atoms with E-state index < -0.39 is 5.82 Å². The molecule has 0 unspecified atom stereocenters. The molecule has 186 valence electrons. The summed E-state index contributed by atoms with van der Waals surface area (Å²) >= 11 is 0. The SMILES string of the molecule is CNC(=O)N1CCc2c(F)cc(OC)c(OC)c2C(c2ccc(N3CCC4(CC3)COC4)cc2)=N1. The number of anilines is 1. The van der Waals surface area contributed by atoms with Gasteiger partial charge in [-0.2, -0.15) is 5.10 Å². The molecule has 35 heavy (non-hydrogen) atoms. The molecular formula is C26H31FN4O4. The molecule has 1 N–H and O–H groups in total. The normalized spacial score (nSPS) is 18.8. The van der Waals surface area contributed by atoms with Crippen molar-refractivity contribution in [3.05, 3.63) is 52.8 Å². The number of halogens is 1. The number of carbonyl (C=O) groups excluding carboxylic acids is 1. The van der Waals surface area contributed by atoms with Gasteiger partial charge in [0.2, 0.25) is 0 Å². The highest BCUT2D eigenvalue weighted by Gasteiger charge is 2.41. The first-order valence-corrected chi connectivity index (χ1v) is 11.9. The van der Waals surface area contributed by atoms with Gasteiger partial charge in [-0.25, -0.2) is 14.2 Å². The van der Waals surface area contributed by atoms with E-state index >= 15 is 4.39 Å². The molecule has 0 bridgehead atoms. The van der Waals surface area contributed by atoms with E-state index in [1.165, 1.54) is 25.3 Å². The first-order chi connectivity index (χ1) is 17.0. The van der Waals surface area contributed by atoms with Crippen LogP contribution in [-0.4, -0.2) is 70.9 Å². The Balaban J connectivity index is 1.53. The lowest BCUT2D eigenvalue weighted by Crippen LogP contribution is -2.50. The lowest BCUT2D eigenvalue weighted by Gasteiger charge is -2.47. The molecule has 2 saturated heterocycles. The van der Waals surface area contributed by atoms with E-state index in [4.69, 9.17) is 14.2 Å². The van der Waals surface area contributed by atoms with Crippen LogP contribution in [0.1, 0.15) is 29.5 Å². The van der Waals surface area contributed by atoms with Crippen molar-refractivity contribution >= 4 is 17.4 Å². The molecule has 3 aliphatic heterocycles. The number of nitrogens with zero attached hydrogens (tertiary/aromatic N) is 3. The van der Waals surface area contributed by atoms with Crippen LogP contribution >= 0.6 is 0 Å². The van der Waals surface area contributed by atoms with Crippen LogP contribution in [0.25, 0.3) is 0 Å². The first kappa shape index (κ1) is 23.4. The number of amides is 2. The lowest BCUT2D eigenvalue weighted by atomic mass is 9.77. The average Bonchev–Trinajstić information content (AvgIpc) is 3.08. The van der Waals surface area contributed by atoms with Crippen molar-refractivity contribution in [2.24, 2.45) is 10.5 Å². The van der Waals surface area contributed by atoms with Crippen LogP contribution < -0.4 is 19.7 Å². The van der Waals surface area contributed by atoms with Gasteiger partial charge >= 0.3 is 6.03 Å². The van der Waals surface area contributed by atoms with Gasteiger partial charge in [0.05, 0.1) is 39.5 Å². The summed E-state index contributed by atoms with van der Waals surface area (Å²) in [5.41, 5.74) is 3.68. The first-order valence-electron chi connectivity index (χ1n) is 11.9. The maximum atomic E-state index is 15.2. The monoisotopic (exact) mass is 482 g/mol. The zero-order valence-corrected chi connectivity index (χ0v) is 20.4. The van der Waals surface area contributed by atoms with E-state index in [9.17, 15) is 4.79 Å². The van der Waals surface area contributed by atoms with Gasteiger partial charge in [-0.3, -0.25) is 0 Å². The second-order valence-electron chi connectivity index (χ2n) is 9.35. The largest absolute Gasteiger partial charge is 0.493 e. The molecule has 2 aromatic carbocycles. The fourth-order valence-electron chi connectivity index (χ4n) is 5.16. The van der Waals surface area contributed by atoms with Gasteiger partial charge < -0.3 is 24.4 Å². The van der Waals surface area contributed by atoms with E-state index in [-0.39, 0.29) is 18.3 Å². The molecular weight excluding hydrogens is 451 g/mol.